The summed E-state index contributed by atoms with van der Waals surface area (Å²) in [4.78, 5) is 46.0. The Labute approximate surface area is 213 Å². The fourth-order valence-corrected chi connectivity index (χ4v) is 5.81. The first-order valence-corrected chi connectivity index (χ1v) is 12.8. The van der Waals surface area contributed by atoms with Crippen molar-refractivity contribution in [2.75, 3.05) is 25.1 Å². The van der Waals surface area contributed by atoms with Gasteiger partial charge in [0.15, 0.2) is 0 Å². The second-order valence-corrected chi connectivity index (χ2v) is 11.8. The molecule has 198 valence electrons. The fraction of sp³-hybridized carbons (Fsp3) is 0.667. The molecule has 2 fully saturated rings. The Morgan fingerprint density at radius 1 is 0.889 bits per heavy atom. The largest absolute Gasteiger partial charge is 0.467 e. The maximum Gasteiger partial charge on any atom is 0.416 e. The molecule has 0 unspecified atom stereocenters. The number of piperidine rings is 1. The molecule has 9 nitrogen and oxygen atoms in total. The Morgan fingerprint density at radius 2 is 1.47 bits per heavy atom. The molecule has 36 heavy (non-hydrogen) atoms. The Hall–Kier alpha value is -2.81. The van der Waals surface area contributed by atoms with Crippen LogP contribution in [-0.4, -0.2) is 71.6 Å². The molecule has 0 aromatic heterocycles. The summed E-state index contributed by atoms with van der Waals surface area (Å²) < 4.78 is 16.8. The molecular weight excluding hydrogens is 462 g/mol. The maximum atomic E-state index is 13.8. The Bertz CT molecular complexity index is 1020. The van der Waals surface area contributed by atoms with E-state index in [9.17, 15) is 14.4 Å². The molecule has 3 atom stereocenters. The lowest BCUT2D eigenvalue weighted by molar-refractivity contribution is -0.146. The minimum absolute atomic E-state index is 0.292. The van der Waals surface area contributed by atoms with Crippen molar-refractivity contribution in [2.45, 2.75) is 96.2 Å². The fourth-order valence-electron chi connectivity index (χ4n) is 5.81. The van der Waals surface area contributed by atoms with Crippen LogP contribution in [0.4, 0.5) is 15.3 Å². The first-order valence-electron chi connectivity index (χ1n) is 12.8. The third-order valence-electron chi connectivity index (χ3n) is 6.99. The maximum absolute atomic E-state index is 13.8. The van der Waals surface area contributed by atoms with Crippen molar-refractivity contribution in [1.82, 2.24) is 9.80 Å². The summed E-state index contributed by atoms with van der Waals surface area (Å²) >= 11 is 0. The molecular formula is C27H39N3O6. The van der Waals surface area contributed by atoms with Crippen LogP contribution in [0.25, 0.3) is 0 Å². The van der Waals surface area contributed by atoms with Gasteiger partial charge in [0, 0.05) is 12.0 Å². The highest BCUT2D eigenvalue weighted by Crippen LogP contribution is 2.57. The van der Waals surface area contributed by atoms with Gasteiger partial charge in [0.1, 0.15) is 23.4 Å². The molecule has 3 heterocycles. The number of para-hydroxylation sites is 1. The number of anilines is 1. The van der Waals surface area contributed by atoms with Crippen LogP contribution in [-0.2, 0) is 24.5 Å². The standard InChI is InChI=1S/C27H39N3O6/c1-25(2,3)35-23(32)29-19-14-10-9-13-18(19)27(28-15-11-8-12-16-28)17-20(21(31)34-7)30(22(27)29)24(33)36-26(4,5)6/h9-10,13-14,20,22H,8,11-12,15-17H2,1-7H3/t20-,22+,27-/m1/s1. The lowest BCUT2D eigenvalue weighted by atomic mass is 9.83. The molecule has 1 aromatic rings. The third-order valence-corrected chi connectivity index (χ3v) is 6.99. The van der Waals surface area contributed by atoms with Crippen LogP contribution in [0, 0.1) is 0 Å². The predicted molar refractivity (Wildman–Crippen MR) is 135 cm³/mol. The number of esters is 1. The molecule has 0 bridgehead atoms. The van der Waals surface area contributed by atoms with Gasteiger partial charge in [-0.3, -0.25) is 14.7 Å². The molecule has 3 aliphatic rings. The lowest BCUT2D eigenvalue weighted by Crippen LogP contribution is -2.62. The number of rotatable bonds is 2. The van der Waals surface area contributed by atoms with Gasteiger partial charge in [0.2, 0.25) is 0 Å². The van der Waals surface area contributed by atoms with E-state index in [1.54, 1.807) is 25.7 Å². The van der Waals surface area contributed by atoms with Crippen LogP contribution in [0.5, 0.6) is 0 Å². The number of amides is 2. The van der Waals surface area contributed by atoms with E-state index in [1.807, 2.05) is 45.0 Å². The zero-order chi connectivity index (χ0) is 26.5. The monoisotopic (exact) mass is 501 g/mol. The molecule has 0 saturated carbocycles. The third kappa shape index (κ3) is 4.53. The minimum Gasteiger partial charge on any atom is -0.467 e. The quantitative estimate of drug-likeness (QED) is 0.431. The molecule has 4 rings (SSSR count). The molecule has 0 aliphatic carbocycles. The topological polar surface area (TPSA) is 88.6 Å². The summed E-state index contributed by atoms with van der Waals surface area (Å²) in [7, 11) is 1.32. The van der Waals surface area contributed by atoms with E-state index in [2.05, 4.69) is 4.90 Å². The van der Waals surface area contributed by atoms with E-state index in [4.69, 9.17) is 14.2 Å². The molecule has 3 aliphatic heterocycles. The molecule has 2 amide bonds. The highest BCUT2D eigenvalue weighted by Gasteiger charge is 2.68. The number of methoxy groups -OCH3 is 1. The molecule has 0 spiro atoms. The normalized spacial score (nSPS) is 26.3. The van der Waals surface area contributed by atoms with Gasteiger partial charge >= 0.3 is 18.2 Å². The van der Waals surface area contributed by atoms with Gasteiger partial charge in [0.05, 0.1) is 18.3 Å². The first-order chi connectivity index (χ1) is 16.8. The van der Waals surface area contributed by atoms with Crippen molar-refractivity contribution in [3.8, 4) is 0 Å². The van der Waals surface area contributed by atoms with Crippen LogP contribution >= 0.6 is 0 Å². The van der Waals surface area contributed by atoms with E-state index in [-0.39, 0.29) is 0 Å². The van der Waals surface area contributed by atoms with Crippen molar-refractivity contribution >= 4 is 23.8 Å². The van der Waals surface area contributed by atoms with Gasteiger partial charge in [-0.25, -0.2) is 14.4 Å². The molecule has 0 radical (unpaired) electrons. The van der Waals surface area contributed by atoms with Crippen LogP contribution in [0.1, 0.15) is 72.8 Å². The number of nitrogens with zero attached hydrogens (tertiary/aromatic N) is 3. The SMILES string of the molecule is COC(=O)[C@H]1C[C@@]2(N3CCCCC3)c3ccccc3N(C(=O)OC(C)(C)C)[C@H]2N1C(=O)OC(C)(C)C. The molecule has 0 N–H and O–H groups in total. The highest BCUT2D eigenvalue weighted by molar-refractivity contribution is 5.95. The number of carbonyl (C=O) groups is 3. The summed E-state index contributed by atoms with van der Waals surface area (Å²) in [5.41, 5.74) is -0.763. The van der Waals surface area contributed by atoms with Crippen LogP contribution < -0.4 is 4.90 Å². The van der Waals surface area contributed by atoms with Gasteiger partial charge in [0.25, 0.3) is 0 Å². The number of hydrogen-bond acceptors (Lipinski definition) is 7. The molecule has 9 heteroatoms. The minimum atomic E-state index is -0.921. The smallest absolute Gasteiger partial charge is 0.416 e. The predicted octanol–water partition coefficient (Wildman–Crippen LogP) is 4.63. The Morgan fingerprint density at radius 3 is 2.06 bits per heavy atom. The zero-order valence-electron chi connectivity index (χ0n) is 22.5. The average molecular weight is 502 g/mol. The average Bonchev–Trinajstić information content (AvgIpc) is 3.27. The molecule has 2 saturated heterocycles. The summed E-state index contributed by atoms with van der Waals surface area (Å²) in [6.45, 7) is 12.3. The molecule has 1 aromatic carbocycles. The lowest BCUT2D eigenvalue weighted by Gasteiger charge is -2.45. The number of likely N-dealkylation sites (tertiary alicyclic amines) is 2. The summed E-state index contributed by atoms with van der Waals surface area (Å²) in [6.07, 6.45) is 1.34. The zero-order valence-corrected chi connectivity index (χ0v) is 22.5. The summed E-state index contributed by atoms with van der Waals surface area (Å²) in [5.74, 6) is -0.534. The van der Waals surface area contributed by atoms with Gasteiger partial charge in [-0.1, -0.05) is 24.6 Å². The van der Waals surface area contributed by atoms with Crippen molar-refractivity contribution in [2.24, 2.45) is 0 Å². The van der Waals surface area contributed by atoms with Gasteiger partial charge in [-0.2, -0.15) is 0 Å². The number of benzene rings is 1. The second-order valence-electron chi connectivity index (χ2n) is 11.8. The van der Waals surface area contributed by atoms with Crippen LogP contribution in [0.3, 0.4) is 0 Å². The van der Waals surface area contributed by atoms with Gasteiger partial charge in [-0.05, 0) is 73.5 Å². The van der Waals surface area contributed by atoms with E-state index in [0.717, 1.165) is 37.9 Å². The number of carbonyl (C=O) groups excluding carboxylic acids is 3. The van der Waals surface area contributed by atoms with Gasteiger partial charge in [-0.15, -0.1) is 0 Å². The van der Waals surface area contributed by atoms with Crippen molar-refractivity contribution in [3.05, 3.63) is 29.8 Å². The van der Waals surface area contributed by atoms with Crippen LogP contribution in [0.15, 0.2) is 24.3 Å². The summed E-state index contributed by atoms with van der Waals surface area (Å²) in [6, 6.07) is 6.76. The Balaban J connectivity index is 1.94. The second kappa shape index (κ2) is 9.25. The number of ether oxygens (including phenoxy) is 3. The van der Waals surface area contributed by atoms with E-state index in [1.165, 1.54) is 12.0 Å². The number of hydrogen-bond donors (Lipinski definition) is 0. The highest BCUT2D eigenvalue weighted by atomic mass is 16.6. The van der Waals surface area contributed by atoms with Crippen LogP contribution in [0.2, 0.25) is 0 Å². The first kappa shape index (κ1) is 26.3. The van der Waals surface area contributed by atoms with E-state index in [0.29, 0.717) is 12.1 Å². The Kier molecular flexibility index (Phi) is 6.75. The van der Waals surface area contributed by atoms with E-state index < -0.39 is 47.1 Å². The van der Waals surface area contributed by atoms with Crippen molar-refractivity contribution < 1.29 is 28.6 Å². The van der Waals surface area contributed by atoms with Crippen molar-refractivity contribution in [1.29, 1.82) is 0 Å². The van der Waals surface area contributed by atoms with E-state index >= 15 is 0 Å². The van der Waals surface area contributed by atoms with Gasteiger partial charge < -0.3 is 14.2 Å². The summed E-state index contributed by atoms with van der Waals surface area (Å²) in [5, 5.41) is 0. The van der Waals surface area contributed by atoms with Crippen molar-refractivity contribution in [3.63, 3.8) is 0 Å². The number of fused-ring (bicyclic) bond motifs is 3.